The minimum Gasteiger partial charge on any atom is -0.497 e. The van der Waals surface area contributed by atoms with E-state index in [1.807, 2.05) is 12.2 Å². The highest BCUT2D eigenvalue weighted by molar-refractivity contribution is 6.35. The number of amides is 1. The maximum atomic E-state index is 13.3. The number of hydrogen-bond acceptors (Lipinski definition) is 8. The van der Waals surface area contributed by atoms with Crippen molar-refractivity contribution >= 4 is 52.3 Å². The van der Waals surface area contributed by atoms with Gasteiger partial charge in [0, 0.05) is 25.2 Å². The minimum atomic E-state index is -5.30. The van der Waals surface area contributed by atoms with Crippen molar-refractivity contribution in [1.82, 2.24) is 15.1 Å². The van der Waals surface area contributed by atoms with Crippen LogP contribution in [-0.4, -0.2) is 72.7 Å². The predicted molar refractivity (Wildman–Crippen MR) is 174 cm³/mol. The van der Waals surface area contributed by atoms with Crippen LogP contribution < -0.4 is 14.5 Å². The number of nitrogens with one attached hydrogen (secondary N) is 1. The molecule has 10 nitrogen and oxygen atoms in total. The molecule has 2 unspecified atom stereocenters. The maximum absolute atomic E-state index is 13.3. The Bertz CT molecular complexity index is 1910. The first-order valence-electron chi connectivity index (χ1n) is 15.2. The summed E-state index contributed by atoms with van der Waals surface area (Å²) < 4.78 is 55.7. The molecule has 2 aliphatic heterocycles. The van der Waals surface area contributed by atoms with Gasteiger partial charge in [-0.1, -0.05) is 30.3 Å². The summed E-state index contributed by atoms with van der Waals surface area (Å²) in [6.07, 6.45) is 0.411. The molecule has 250 valence electrons. The van der Waals surface area contributed by atoms with Crippen LogP contribution >= 0.6 is 0 Å². The Morgan fingerprint density at radius 2 is 1.73 bits per heavy atom. The lowest BCUT2D eigenvalue weighted by molar-refractivity contribution is -0.201. The Morgan fingerprint density at radius 1 is 1.00 bits per heavy atom. The van der Waals surface area contributed by atoms with Crippen LogP contribution in [0, 0.1) is 0 Å². The van der Waals surface area contributed by atoms with Gasteiger partial charge in [0.25, 0.3) is 5.91 Å². The number of hydroxylamine groups is 1. The highest BCUT2D eigenvalue weighted by Gasteiger charge is 2.46. The fourth-order valence-electron chi connectivity index (χ4n) is 6.01. The number of fused-ring (bicyclic) bond motifs is 2. The molecule has 1 aromatic heterocycles. The van der Waals surface area contributed by atoms with E-state index in [0.717, 1.165) is 25.2 Å². The van der Waals surface area contributed by atoms with Crippen molar-refractivity contribution < 1.29 is 41.8 Å². The van der Waals surface area contributed by atoms with E-state index in [1.165, 1.54) is 44.1 Å². The van der Waals surface area contributed by atoms with E-state index >= 15 is 0 Å². The van der Waals surface area contributed by atoms with Crippen molar-refractivity contribution in [1.29, 1.82) is 0 Å². The second-order valence-electron chi connectivity index (χ2n) is 11.7. The van der Waals surface area contributed by atoms with Crippen molar-refractivity contribution in [2.45, 2.75) is 38.8 Å². The molecule has 1 fully saturated rings. The number of aromatic amines is 1. The van der Waals surface area contributed by atoms with Crippen LogP contribution in [0.3, 0.4) is 0 Å². The van der Waals surface area contributed by atoms with Crippen LogP contribution in [0.15, 0.2) is 54.6 Å². The van der Waals surface area contributed by atoms with Gasteiger partial charge in [0.15, 0.2) is 0 Å². The number of aromatic nitrogens is 2. The number of H-pyrrole nitrogens is 1. The monoisotopic (exact) mass is 662 g/mol. The Balaban J connectivity index is 1.26. The number of carbonyl (C=O) groups excluding carboxylic acids is 2. The van der Waals surface area contributed by atoms with Gasteiger partial charge in [0.2, 0.25) is 0 Å². The summed E-state index contributed by atoms with van der Waals surface area (Å²) in [5.74, 6) is -2.67. The molecule has 1 saturated heterocycles. The minimum absolute atomic E-state index is 0.0130. The Kier molecular flexibility index (Phi) is 8.99. The Hall–Kier alpha value is -5.14. The molecular weight excluding hydrogens is 629 g/mol. The van der Waals surface area contributed by atoms with Gasteiger partial charge in [0.1, 0.15) is 11.5 Å². The molecule has 4 aromatic rings. The number of carbonyl (C=O) groups is 2. The standard InChI is InChI=1S/C35H33F3N4O6/c1-20-17-41(18-21(2)47-20)19-23-7-5-22(6-8-23)9-11-28-32-29(40-39-28)14-24(15-31(32)46-4)13-27-26-16-25(45-3)10-12-30(26)42(33(27)43)48-34(44)35(36,37)38/h5-16,20-21H,17-19H2,1-4H3,(H,39,40)/b11-9+,27-13+. The number of nitrogens with zero attached hydrogens (tertiary/aromatic N) is 3. The lowest BCUT2D eigenvalue weighted by Crippen LogP contribution is -2.44. The van der Waals surface area contributed by atoms with E-state index in [2.05, 4.69) is 58.0 Å². The lowest BCUT2D eigenvalue weighted by atomic mass is 10.0. The molecule has 2 aliphatic rings. The smallest absolute Gasteiger partial charge is 0.493 e. The third-order valence-corrected chi connectivity index (χ3v) is 8.06. The summed E-state index contributed by atoms with van der Waals surface area (Å²) in [5.41, 5.74) is 4.08. The number of benzene rings is 3. The zero-order valence-corrected chi connectivity index (χ0v) is 26.6. The summed E-state index contributed by atoms with van der Waals surface area (Å²) in [6.45, 7) is 6.82. The molecule has 1 amide bonds. The van der Waals surface area contributed by atoms with E-state index in [-0.39, 0.29) is 29.0 Å². The summed E-state index contributed by atoms with van der Waals surface area (Å²) in [5, 5.41) is 8.48. The molecule has 0 spiro atoms. The summed E-state index contributed by atoms with van der Waals surface area (Å²) in [6, 6.07) is 16.0. The second-order valence-corrected chi connectivity index (χ2v) is 11.7. The molecule has 13 heteroatoms. The van der Waals surface area contributed by atoms with E-state index in [4.69, 9.17) is 14.2 Å². The van der Waals surface area contributed by atoms with E-state index in [9.17, 15) is 22.8 Å². The lowest BCUT2D eigenvalue weighted by Gasteiger charge is -2.35. The van der Waals surface area contributed by atoms with Crippen molar-refractivity contribution in [3.05, 3.63) is 82.5 Å². The molecule has 3 heterocycles. The average molecular weight is 663 g/mol. The van der Waals surface area contributed by atoms with Crippen LogP contribution in [-0.2, 0) is 25.7 Å². The molecule has 0 radical (unpaired) electrons. The average Bonchev–Trinajstić information content (AvgIpc) is 3.57. The number of alkyl halides is 3. The zero-order chi connectivity index (χ0) is 34.2. The predicted octanol–water partition coefficient (Wildman–Crippen LogP) is 6.27. The van der Waals surface area contributed by atoms with Gasteiger partial charge < -0.3 is 19.0 Å². The van der Waals surface area contributed by atoms with Crippen LogP contribution in [0.4, 0.5) is 18.9 Å². The molecular formula is C35H33F3N4O6. The first-order chi connectivity index (χ1) is 22.9. The van der Waals surface area contributed by atoms with Gasteiger partial charge >= 0.3 is 12.1 Å². The third-order valence-electron chi connectivity index (χ3n) is 8.06. The molecule has 48 heavy (non-hydrogen) atoms. The van der Waals surface area contributed by atoms with Gasteiger partial charge in [-0.05, 0) is 73.0 Å². The molecule has 2 atom stereocenters. The van der Waals surface area contributed by atoms with Crippen molar-refractivity contribution in [2.75, 3.05) is 32.4 Å². The number of hydrogen-bond donors (Lipinski definition) is 1. The number of anilines is 1. The number of rotatable bonds is 8. The largest absolute Gasteiger partial charge is 0.497 e. The van der Waals surface area contributed by atoms with E-state index in [0.29, 0.717) is 38.7 Å². The first-order valence-corrected chi connectivity index (χ1v) is 15.2. The Labute approximate surface area is 274 Å². The number of morpholine rings is 1. The van der Waals surface area contributed by atoms with Crippen LogP contribution in [0.5, 0.6) is 11.5 Å². The van der Waals surface area contributed by atoms with Gasteiger partial charge in [0.05, 0.1) is 54.3 Å². The normalized spacial score (nSPS) is 19.4. The topological polar surface area (TPSA) is 106 Å². The second kappa shape index (κ2) is 13.2. The van der Waals surface area contributed by atoms with Gasteiger partial charge in [-0.15, -0.1) is 5.06 Å². The zero-order valence-electron chi connectivity index (χ0n) is 26.6. The van der Waals surface area contributed by atoms with Gasteiger partial charge in [-0.25, -0.2) is 4.79 Å². The molecule has 0 saturated carbocycles. The SMILES string of the molecule is COc1ccc2c(c1)/C(=C\c1cc(OC)c3c(/C=C/c4ccc(CN5CC(C)OC(C)C5)cc4)n[nH]c3c1)C(=O)N2OC(=O)C(F)(F)F. The summed E-state index contributed by atoms with van der Waals surface area (Å²) in [4.78, 5) is 31.8. The fourth-order valence-corrected chi connectivity index (χ4v) is 6.01. The summed E-state index contributed by atoms with van der Waals surface area (Å²) in [7, 11) is 2.91. The van der Waals surface area contributed by atoms with Crippen molar-refractivity contribution in [3.63, 3.8) is 0 Å². The molecule has 3 aromatic carbocycles. The highest BCUT2D eigenvalue weighted by atomic mass is 19.4. The molecule has 1 N–H and O–H groups in total. The van der Waals surface area contributed by atoms with Gasteiger partial charge in [-0.2, -0.15) is 18.3 Å². The fraction of sp³-hybridized carbons (Fsp3) is 0.286. The first kappa shape index (κ1) is 32.8. The third kappa shape index (κ3) is 6.78. The quantitative estimate of drug-likeness (QED) is 0.220. The van der Waals surface area contributed by atoms with Crippen LogP contribution in [0.25, 0.3) is 34.7 Å². The molecule has 0 aliphatic carbocycles. The number of halogens is 3. The maximum Gasteiger partial charge on any atom is 0.493 e. The van der Waals surface area contributed by atoms with Crippen molar-refractivity contribution in [3.8, 4) is 11.5 Å². The van der Waals surface area contributed by atoms with Crippen LogP contribution in [0.2, 0.25) is 0 Å². The molecule has 6 rings (SSSR count). The highest BCUT2D eigenvalue weighted by Crippen LogP contribution is 2.41. The number of ether oxygens (including phenoxy) is 3. The van der Waals surface area contributed by atoms with Gasteiger partial charge in [-0.3, -0.25) is 14.8 Å². The van der Waals surface area contributed by atoms with Crippen LogP contribution in [0.1, 0.15) is 41.8 Å². The summed E-state index contributed by atoms with van der Waals surface area (Å²) >= 11 is 0. The van der Waals surface area contributed by atoms with E-state index < -0.39 is 18.1 Å². The van der Waals surface area contributed by atoms with Crippen molar-refractivity contribution in [2.24, 2.45) is 0 Å². The Morgan fingerprint density at radius 3 is 2.40 bits per heavy atom. The molecule has 0 bridgehead atoms. The number of methoxy groups -OCH3 is 2. The van der Waals surface area contributed by atoms with E-state index in [1.54, 1.807) is 12.1 Å².